The number of thiophene rings is 1. The van der Waals surface area contributed by atoms with E-state index >= 15 is 0 Å². The van der Waals surface area contributed by atoms with Gasteiger partial charge in [0, 0.05) is 56.7 Å². The molecule has 1 amide bonds. The molecule has 0 radical (unpaired) electrons. The van der Waals surface area contributed by atoms with Crippen LogP contribution in [0, 0.1) is 0 Å². The minimum Gasteiger partial charge on any atom is -0.336 e. The van der Waals surface area contributed by atoms with Crippen LogP contribution in [0.15, 0.2) is 12.1 Å². The number of piperazine rings is 1. The van der Waals surface area contributed by atoms with Crippen molar-refractivity contribution in [3.05, 3.63) is 21.9 Å². The molecule has 0 spiro atoms. The van der Waals surface area contributed by atoms with Gasteiger partial charge in [-0.25, -0.2) is 13.1 Å². The molecule has 0 aliphatic carbocycles. The van der Waals surface area contributed by atoms with Crippen LogP contribution in [0.2, 0.25) is 0 Å². The number of nitrogens with zero attached hydrogens (tertiary/aromatic N) is 2. The zero-order chi connectivity index (χ0) is 17.9. The molecule has 1 aromatic heterocycles. The molecule has 2 saturated heterocycles. The predicted octanol–water partition coefficient (Wildman–Crippen LogP) is -0.0405. The molecule has 1 aromatic rings. The normalized spacial score (nSPS) is 22.4. The summed E-state index contributed by atoms with van der Waals surface area (Å²) in [4.78, 5) is 18.9. The molecule has 2 aliphatic rings. The summed E-state index contributed by atoms with van der Waals surface area (Å²) in [7, 11) is -3.16. The smallest absolute Gasteiger partial charge is 0.263 e. The number of rotatable bonds is 6. The summed E-state index contributed by atoms with van der Waals surface area (Å²) in [6.07, 6.45) is 2.80. The highest BCUT2D eigenvalue weighted by Gasteiger charge is 2.31. The number of nitrogens with one attached hydrogen (secondary N) is 2. The topological polar surface area (TPSA) is 81.8 Å². The summed E-state index contributed by atoms with van der Waals surface area (Å²) >= 11 is 1.47. The fourth-order valence-corrected chi connectivity index (χ4v) is 4.86. The molecule has 25 heavy (non-hydrogen) atoms. The average Bonchev–Trinajstić information content (AvgIpc) is 3.23. The van der Waals surface area contributed by atoms with Crippen LogP contribution in [0.3, 0.4) is 0 Å². The fourth-order valence-electron chi connectivity index (χ4n) is 3.41. The third-order valence-electron chi connectivity index (χ3n) is 4.73. The number of sulfonamides is 1. The average molecular weight is 387 g/mol. The maximum absolute atomic E-state index is 12.7. The highest BCUT2D eigenvalue weighted by molar-refractivity contribution is 7.88. The van der Waals surface area contributed by atoms with Gasteiger partial charge in [-0.15, -0.1) is 11.3 Å². The van der Waals surface area contributed by atoms with Gasteiger partial charge >= 0.3 is 0 Å². The third kappa shape index (κ3) is 5.24. The number of hydrogen-bond acceptors (Lipinski definition) is 6. The summed E-state index contributed by atoms with van der Waals surface area (Å²) < 4.78 is 24.7. The lowest BCUT2D eigenvalue weighted by atomic mass is 10.2. The molecule has 9 heteroatoms. The van der Waals surface area contributed by atoms with E-state index < -0.39 is 10.0 Å². The van der Waals surface area contributed by atoms with Crippen molar-refractivity contribution in [2.24, 2.45) is 0 Å². The Bertz CT molecular complexity index is 698. The lowest BCUT2D eigenvalue weighted by Gasteiger charge is -2.32. The van der Waals surface area contributed by atoms with Gasteiger partial charge < -0.3 is 10.2 Å². The molecule has 3 rings (SSSR count). The minimum absolute atomic E-state index is 0.102. The van der Waals surface area contributed by atoms with Gasteiger partial charge in [0.15, 0.2) is 0 Å². The van der Waals surface area contributed by atoms with E-state index in [-0.39, 0.29) is 5.91 Å². The molecular weight excluding hydrogens is 360 g/mol. The van der Waals surface area contributed by atoms with Crippen LogP contribution in [-0.2, 0) is 16.4 Å². The van der Waals surface area contributed by atoms with Crippen LogP contribution in [0.25, 0.3) is 0 Å². The van der Waals surface area contributed by atoms with E-state index in [0.29, 0.717) is 19.0 Å². The molecule has 2 aliphatic heterocycles. The lowest BCUT2D eigenvalue weighted by molar-refractivity contribution is 0.0778. The minimum atomic E-state index is -3.16. The Kier molecular flexibility index (Phi) is 6.11. The summed E-state index contributed by atoms with van der Waals surface area (Å²) in [5.41, 5.74) is 0. The van der Waals surface area contributed by atoms with E-state index in [1.54, 1.807) is 0 Å². The van der Waals surface area contributed by atoms with Crippen molar-refractivity contribution in [3.63, 3.8) is 0 Å². The van der Waals surface area contributed by atoms with Crippen molar-refractivity contribution in [2.75, 3.05) is 52.1 Å². The van der Waals surface area contributed by atoms with E-state index in [0.717, 1.165) is 61.7 Å². The van der Waals surface area contributed by atoms with Gasteiger partial charge in [0.05, 0.1) is 11.1 Å². The van der Waals surface area contributed by atoms with Crippen LogP contribution < -0.4 is 10.0 Å². The van der Waals surface area contributed by atoms with Crippen molar-refractivity contribution in [2.45, 2.75) is 18.9 Å². The SMILES string of the molecule is CS(=O)(=O)NCCc1ccc(C(=O)N2CCC(N3CCNCC3)C2)s1. The Morgan fingerprint density at radius 3 is 2.80 bits per heavy atom. The first-order valence-corrected chi connectivity index (χ1v) is 11.4. The second-order valence-electron chi connectivity index (χ2n) is 6.66. The molecule has 7 nitrogen and oxygen atoms in total. The highest BCUT2D eigenvalue weighted by atomic mass is 32.2. The number of amides is 1. The number of carbonyl (C=O) groups excluding carboxylic acids is 1. The standard InChI is InChI=1S/C16H26N4O3S2/c1-25(22,23)18-6-4-14-2-3-15(24-14)16(21)20-9-5-13(12-20)19-10-7-17-8-11-19/h2-3,13,17-18H,4-12H2,1H3. The second kappa shape index (κ2) is 8.13. The first-order chi connectivity index (χ1) is 11.9. The number of likely N-dealkylation sites (tertiary alicyclic amines) is 1. The summed E-state index contributed by atoms with van der Waals surface area (Å²) in [5.74, 6) is 0.102. The van der Waals surface area contributed by atoms with Gasteiger partial charge in [0.1, 0.15) is 0 Å². The zero-order valence-corrected chi connectivity index (χ0v) is 16.2. The summed E-state index contributed by atoms with van der Waals surface area (Å²) in [6, 6.07) is 4.26. The molecule has 1 unspecified atom stereocenters. The monoisotopic (exact) mass is 386 g/mol. The Balaban J connectivity index is 1.51. The van der Waals surface area contributed by atoms with Gasteiger partial charge in [-0.2, -0.15) is 0 Å². The van der Waals surface area contributed by atoms with Gasteiger partial charge in [0.25, 0.3) is 5.91 Å². The van der Waals surface area contributed by atoms with E-state index in [1.807, 2.05) is 17.0 Å². The van der Waals surface area contributed by atoms with Crippen molar-refractivity contribution >= 4 is 27.3 Å². The van der Waals surface area contributed by atoms with Crippen LogP contribution in [0.4, 0.5) is 0 Å². The maximum Gasteiger partial charge on any atom is 0.263 e. The lowest BCUT2D eigenvalue weighted by Crippen LogP contribution is -2.49. The van der Waals surface area contributed by atoms with Crippen molar-refractivity contribution in [1.82, 2.24) is 19.8 Å². The second-order valence-corrected chi connectivity index (χ2v) is 9.66. The maximum atomic E-state index is 12.7. The Morgan fingerprint density at radius 1 is 1.32 bits per heavy atom. The predicted molar refractivity (Wildman–Crippen MR) is 99.6 cm³/mol. The molecule has 0 saturated carbocycles. The van der Waals surface area contributed by atoms with Crippen molar-refractivity contribution in [3.8, 4) is 0 Å². The number of carbonyl (C=O) groups is 1. The van der Waals surface area contributed by atoms with Crippen LogP contribution in [0.5, 0.6) is 0 Å². The Labute approximate surface area is 153 Å². The largest absolute Gasteiger partial charge is 0.336 e. The first kappa shape index (κ1) is 18.8. The molecule has 3 heterocycles. The summed E-state index contributed by atoms with van der Waals surface area (Å²) in [6.45, 7) is 6.16. The quantitative estimate of drug-likeness (QED) is 0.717. The Morgan fingerprint density at radius 2 is 2.08 bits per heavy atom. The van der Waals surface area contributed by atoms with Gasteiger partial charge in [-0.3, -0.25) is 9.69 Å². The van der Waals surface area contributed by atoms with Crippen LogP contribution >= 0.6 is 11.3 Å². The first-order valence-electron chi connectivity index (χ1n) is 8.70. The van der Waals surface area contributed by atoms with E-state index in [9.17, 15) is 13.2 Å². The van der Waals surface area contributed by atoms with E-state index in [1.165, 1.54) is 11.3 Å². The molecule has 0 bridgehead atoms. The molecule has 2 fully saturated rings. The molecule has 2 N–H and O–H groups in total. The van der Waals surface area contributed by atoms with Gasteiger partial charge in [0.2, 0.25) is 10.0 Å². The zero-order valence-electron chi connectivity index (χ0n) is 14.5. The molecule has 140 valence electrons. The molecule has 1 atom stereocenters. The van der Waals surface area contributed by atoms with Crippen LogP contribution in [0.1, 0.15) is 21.0 Å². The molecular formula is C16H26N4O3S2. The Hall–Kier alpha value is -1.00. The number of hydrogen-bond donors (Lipinski definition) is 2. The van der Waals surface area contributed by atoms with E-state index in [4.69, 9.17) is 0 Å². The van der Waals surface area contributed by atoms with Crippen molar-refractivity contribution in [1.29, 1.82) is 0 Å². The fraction of sp³-hybridized carbons (Fsp3) is 0.688. The van der Waals surface area contributed by atoms with Gasteiger partial charge in [-0.05, 0) is 25.0 Å². The highest BCUT2D eigenvalue weighted by Crippen LogP contribution is 2.23. The third-order valence-corrected chi connectivity index (χ3v) is 6.59. The molecule has 0 aromatic carbocycles. The van der Waals surface area contributed by atoms with Gasteiger partial charge in [-0.1, -0.05) is 0 Å². The van der Waals surface area contributed by atoms with Crippen molar-refractivity contribution < 1.29 is 13.2 Å². The van der Waals surface area contributed by atoms with Crippen LogP contribution in [-0.4, -0.2) is 82.2 Å². The summed E-state index contributed by atoms with van der Waals surface area (Å²) in [5, 5.41) is 3.36. The van der Waals surface area contributed by atoms with E-state index in [2.05, 4.69) is 14.9 Å².